The summed E-state index contributed by atoms with van der Waals surface area (Å²) in [6.45, 7) is 7.07. The molecule has 0 heterocycles. The largest absolute Gasteiger partial charge is 0.481 e. The van der Waals surface area contributed by atoms with Gasteiger partial charge < -0.3 is 15.3 Å². The molecule has 4 aliphatic carbocycles. The van der Waals surface area contributed by atoms with Crippen molar-refractivity contribution in [3.05, 3.63) is 11.6 Å². The zero-order valence-corrected chi connectivity index (χ0v) is 17.7. The minimum absolute atomic E-state index is 0.0376. The molecule has 28 heavy (non-hydrogen) atoms. The number of carbonyl (C=O) groups is 1. The molecule has 7 unspecified atom stereocenters. The molecular formula is C24H38O4. The molecule has 4 rings (SSSR count). The van der Waals surface area contributed by atoms with E-state index in [2.05, 4.69) is 20.8 Å². The van der Waals surface area contributed by atoms with Crippen LogP contribution in [0.2, 0.25) is 0 Å². The van der Waals surface area contributed by atoms with Gasteiger partial charge in [-0.05, 0) is 97.4 Å². The lowest BCUT2D eigenvalue weighted by molar-refractivity contribution is -0.137. The lowest BCUT2D eigenvalue weighted by Crippen LogP contribution is -2.54. The fraction of sp³-hybridized carbons (Fsp3) is 0.875. The summed E-state index contributed by atoms with van der Waals surface area (Å²) in [5, 5.41) is 30.2. The van der Waals surface area contributed by atoms with Gasteiger partial charge >= 0.3 is 5.97 Å². The predicted octanol–water partition coefficient (Wildman–Crippen LogP) is 4.40. The van der Waals surface area contributed by atoms with Gasteiger partial charge in [-0.1, -0.05) is 26.8 Å². The summed E-state index contributed by atoms with van der Waals surface area (Å²) in [7, 11) is 0. The van der Waals surface area contributed by atoms with E-state index in [1.54, 1.807) is 0 Å². The maximum Gasteiger partial charge on any atom is 0.303 e. The van der Waals surface area contributed by atoms with E-state index in [4.69, 9.17) is 5.11 Å². The molecule has 9 atom stereocenters. The zero-order chi connectivity index (χ0) is 20.3. The highest BCUT2D eigenvalue weighted by Crippen LogP contribution is 2.67. The fourth-order valence-electron chi connectivity index (χ4n) is 8.28. The molecule has 0 spiro atoms. The van der Waals surface area contributed by atoms with Crippen LogP contribution >= 0.6 is 0 Å². The monoisotopic (exact) mass is 390 g/mol. The number of aliphatic carboxylic acids is 1. The first-order chi connectivity index (χ1) is 13.2. The first-order valence-electron chi connectivity index (χ1n) is 11.5. The lowest BCUT2D eigenvalue weighted by Gasteiger charge is -2.60. The van der Waals surface area contributed by atoms with Crippen molar-refractivity contribution in [2.75, 3.05) is 0 Å². The SMILES string of the molecule is CC(CCC(=O)O)C1CCC2C3C[C@H](O)C4=C[C@H](O)CCC4(C)C3CCC12C. The van der Waals surface area contributed by atoms with E-state index in [-0.39, 0.29) is 17.3 Å². The van der Waals surface area contributed by atoms with E-state index >= 15 is 0 Å². The predicted molar refractivity (Wildman–Crippen MR) is 109 cm³/mol. The summed E-state index contributed by atoms with van der Waals surface area (Å²) in [4.78, 5) is 11.0. The molecule has 158 valence electrons. The summed E-state index contributed by atoms with van der Waals surface area (Å²) < 4.78 is 0. The first-order valence-corrected chi connectivity index (χ1v) is 11.5. The lowest BCUT2D eigenvalue weighted by atomic mass is 9.46. The van der Waals surface area contributed by atoms with Crippen molar-refractivity contribution in [1.82, 2.24) is 0 Å². The molecule has 3 saturated carbocycles. The molecule has 0 bridgehead atoms. The molecule has 0 aromatic heterocycles. The third kappa shape index (κ3) is 3.06. The Labute approximate surface area is 169 Å². The second kappa shape index (κ2) is 7.12. The standard InChI is InChI=1S/C24H38O4/c1-14(4-7-22(27)28)17-5-6-18-16-13-21(26)20-12-15(25)8-10-24(20,3)19(16)9-11-23(17,18)2/h12,14-19,21,25-26H,4-11,13H2,1-3H3,(H,27,28)/t14?,15-,16?,17?,18?,19?,21+,23?,24?/m1/s1. The van der Waals surface area contributed by atoms with Crippen molar-refractivity contribution in [2.24, 2.45) is 40.4 Å². The van der Waals surface area contributed by atoms with Crippen molar-refractivity contribution < 1.29 is 20.1 Å². The molecule has 0 radical (unpaired) electrons. The molecule has 4 aliphatic rings. The molecular weight excluding hydrogens is 352 g/mol. The molecule has 0 saturated heterocycles. The normalized spacial score (nSPS) is 48.8. The Morgan fingerprint density at radius 1 is 1.14 bits per heavy atom. The van der Waals surface area contributed by atoms with Crippen molar-refractivity contribution in [1.29, 1.82) is 0 Å². The van der Waals surface area contributed by atoms with Crippen LogP contribution in [-0.2, 0) is 4.79 Å². The van der Waals surface area contributed by atoms with Crippen LogP contribution in [0.3, 0.4) is 0 Å². The van der Waals surface area contributed by atoms with Crippen LogP contribution in [0, 0.1) is 40.4 Å². The van der Waals surface area contributed by atoms with Crippen molar-refractivity contribution in [2.45, 2.75) is 90.8 Å². The van der Waals surface area contributed by atoms with Crippen molar-refractivity contribution in [3.8, 4) is 0 Å². The quantitative estimate of drug-likeness (QED) is 0.622. The third-order valence-electron chi connectivity index (χ3n) is 9.67. The molecule has 0 aromatic carbocycles. The van der Waals surface area contributed by atoms with Gasteiger partial charge in [-0.2, -0.15) is 0 Å². The number of aliphatic hydroxyl groups excluding tert-OH is 2. The van der Waals surface area contributed by atoms with Gasteiger partial charge in [0.2, 0.25) is 0 Å². The Hall–Kier alpha value is -0.870. The molecule has 0 aromatic rings. The van der Waals surface area contributed by atoms with Gasteiger partial charge in [-0.25, -0.2) is 0 Å². The number of carboxylic acid groups (broad SMARTS) is 1. The van der Waals surface area contributed by atoms with Crippen LogP contribution in [0.4, 0.5) is 0 Å². The van der Waals surface area contributed by atoms with E-state index in [9.17, 15) is 15.0 Å². The molecule has 0 amide bonds. The van der Waals surface area contributed by atoms with Gasteiger partial charge in [0.15, 0.2) is 0 Å². The Bertz CT molecular complexity index is 657. The van der Waals surface area contributed by atoms with E-state index in [0.29, 0.717) is 29.6 Å². The van der Waals surface area contributed by atoms with Gasteiger partial charge in [0.25, 0.3) is 0 Å². The summed E-state index contributed by atoms with van der Waals surface area (Å²) in [5.74, 6) is 2.18. The molecule has 0 aliphatic heterocycles. The number of fused-ring (bicyclic) bond motifs is 5. The zero-order valence-electron chi connectivity index (χ0n) is 17.7. The van der Waals surface area contributed by atoms with E-state index in [1.165, 1.54) is 25.7 Å². The van der Waals surface area contributed by atoms with Gasteiger partial charge in [-0.3, -0.25) is 4.79 Å². The number of carboxylic acids is 1. The van der Waals surface area contributed by atoms with E-state index < -0.39 is 18.2 Å². The number of aliphatic hydroxyl groups is 2. The number of hydrogen-bond acceptors (Lipinski definition) is 3. The van der Waals surface area contributed by atoms with Crippen LogP contribution in [0.5, 0.6) is 0 Å². The third-order valence-corrected chi connectivity index (χ3v) is 9.67. The summed E-state index contributed by atoms with van der Waals surface area (Å²) in [6, 6.07) is 0. The topological polar surface area (TPSA) is 77.8 Å². The van der Waals surface area contributed by atoms with Gasteiger partial charge in [0, 0.05) is 6.42 Å². The van der Waals surface area contributed by atoms with Crippen LogP contribution in [-0.4, -0.2) is 33.5 Å². The van der Waals surface area contributed by atoms with Gasteiger partial charge in [-0.15, -0.1) is 0 Å². The average molecular weight is 391 g/mol. The molecule has 3 fully saturated rings. The highest BCUT2D eigenvalue weighted by Gasteiger charge is 2.60. The average Bonchev–Trinajstić information content (AvgIpc) is 2.99. The van der Waals surface area contributed by atoms with Gasteiger partial charge in [0.1, 0.15) is 0 Å². The highest BCUT2D eigenvalue weighted by atomic mass is 16.4. The van der Waals surface area contributed by atoms with Crippen molar-refractivity contribution >= 4 is 5.97 Å². The Morgan fingerprint density at radius 2 is 1.89 bits per heavy atom. The number of rotatable bonds is 4. The maximum atomic E-state index is 11.0. The number of hydrogen-bond donors (Lipinski definition) is 3. The molecule has 4 nitrogen and oxygen atoms in total. The Morgan fingerprint density at radius 3 is 2.61 bits per heavy atom. The maximum absolute atomic E-state index is 11.0. The van der Waals surface area contributed by atoms with Crippen LogP contribution < -0.4 is 0 Å². The van der Waals surface area contributed by atoms with E-state index in [1.807, 2.05) is 6.08 Å². The van der Waals surface area contributed by atoms with Crippen LogP contribution in [0.1, 0.15) is 78.6 Å². The van der Waals surface area contributed by atoms with Crippen LogP contribution in [0.15, 0.2) is 11.6 Å². The molecule has 3 N–H and O–H groups in total. The highest BCUT2D eigenvalue weighted by molar-refractivity contribution is 5.66. The summed E-state index contributed by atoms with van der Waals surface area (Å²) >= 11 is 0. The van der Waals surface area contributed by atoms with Crippen molar-refractivity contribution in [3.63, 3.8) is 0 Å². The van der Waals surface area contributed by atoms with Crippen LogP contribution in [0.25, 0.3) is 0 Å². The molecule has 4 heteroatoms. The fourth-order valence-corrected chi connectivity index (χ4v) is 8.28. The first kappa shape index (κ1) is 20.4. The minimum Gasteiger partial charge on any atom is -0.481 e. The smallest absolute Gasteiger partial charge is 0.303 e. The summed E-state index contributed by atoms with van der Waals surface area (Å²) in [5.41, 5.74) is 1.43. The summed E-state index contributed by atoms with van der Waals surface area (Å²) in [6.07, 6.45) is 9.72. The second-order valence-corrected chi connectivity index (χ2v) is 10.9. The Kier molecular flexibility index (Phi) is 5.19. The van der Waals surface area contributed by atoms with Gasteiger partial charge in [0.05, 0.1) is 12.2 Å². The van der Waals surface area contributed by atoms with E-state index in [0.717, 1.165) is 31.3 Å². The second-order valence-electron chi connectivity index (χ2n) is 10.9. The Balaban J connectivity index is 1.57. The minimum atomic E-state index is -0.683.